The average molecular weight is 309 g/mol. The molecular formula is C18H19N3O2. The molecule has 0 heterocycles. The molecule has 2 rings (SSSR count). The monoisotopic (exact) mass is 309 g/mol. The van der Waals surface area contributed by atoms with Crippen LogP contribution < -0.4 is 11.2 Å². The van der Waals surface area contributed by atoms with E-state index in [-0.39, 0.29) is 5.91 Å². The van der Waals surface area contributed by atoms with Crippen LogP contribution in [0.15, 0.2) is 41.5 Å². The molecule has 2 aromatic carbocycles. The number of nitrogens with one attached hydrogen (secondary N) is 1. The normalized spacial score (nSPS) is 10.7. The number of carbonyl (C=O) groups excluding carboxylic acids is 2. The summed E-state index contributed by atoms with van der Waals surface area (Å²) in [6, 6.07) is 10.2. The lowest BCUT2D eigenvalue weighted by atomic mass is 10.0. The van der Waals surface area contributed by atoms with Crippen molar-refractivity contribution in [3.8, 4) is 0 Å². The summed E-state index contributed by atoms with van der Waals surface area (Å²) in [5.74, 6) is -0.875. The zero-order valence-electron chi connectivity index (χ0n) is 13.4. The molecule has 0 unspecified atom stereocenters. The number of rotatable bonds is 4. The predicted octanol–water partition coefficient (Wildman–Crippen LogP) is 2.47. The van der Waals surface area contributed by atoms with Crippen LogP contribution in [0.3, 0.4) is 0 Å². The number of hydrogen-bond acceptors (Lipinski definition) is 3. The lowest BCUT2D eigenvalue weighted by molar-refractivity contribution is 0.0952. The van der Waals surface area contributed by atoms with Crippen LogP contribution in [-0.2, 0) is 0 Å². The number of hydrazone groups is 1. The van der Waals surface area contributed by atoms with E-state index in [9.17, 15) is 9.59 Å². The van der Waals surface area contributed by atoms with E-state index >= 15 is 0 Å². The van der Waals surface area contributed by atoms with Gasteiger partial charge in [0.2, 0.25) is 5.91 Å². The number of aryl methyl sites for hydroxylation is 3. The lowest BCUT2D eigenvalue weighted by Gasteiger charge is -2.06. The van der Waals surface area contributed by atoms with E-state index in [4.69, 9.17) is 5.73 Å². The van der Waals surface area contributed by atoms with Gasteiger partial charge in [-0.25, -0.2) is 5.43 Å². The third-order valence-electron chi connectivity index (χ3n) is 3.53. The second-order valence-electron chi connectivity index (χ2n) is 5.45. The number of amides is 2. The van der Waals surface area contributed by atoms with E-state index < -0.39 is 5.91 Å². The number of hydrogen-bond donors (Lipinski definition) is 2. The Bertz CT molecular complexity index is 754. The average Bonchev–Trinajstić information content (AvgIpc) is 2.49. The molecule has 118 valence electrons. The van der Waals surface area contributed by atoms with Crippen molar-refractivity contribution in [3.05, 3.63) is 69.8 Å². The molecule has 2 amide bonds. The van der Waals surface area contributed by atoms with Gasteiger partial charge in [0.1, 0.15) is 0 Å². The Morgan fingerprint density at radius 3 is 2.04 bits per heavy atom. The maximum absolute atomic E-state index is 12.0. The molecule has 5 nitrogen and oxygen atoms in total. The van der Waals surface area contributed by atoms with E-state index in [0.717, 1.165) is 16.7 Å². The Labute approximate surface area is 135 Å². The standard InChI is InChI=1S/C18H19N3O2/c1-11-8-12(2)16(13(3)9-11)10-20-21-18(23)15-6-4-14(5-7-15)17(19)22/h4-10H,1-3H3,(H2,19,22)(H,21,23)/b20-10+. The third kappa shape index (κ3) is 4.03. The van der Waals surface area contributed by atoms with Crippen LogP contribution in [0.25, 0.3) is 0 Å². The number of nitrogens with zero attached hydrogens (tertiary/aromatic N) is 1. The van der Waals surface area contributed by atoms with Crippen molar-refractivity contribution < 1.29 is 9.59 Å². The van der Waals surface area contributed by atoms with Crippen LogP contribution in [0.1, 0.15) is 43.0 Å². The van der Waals surface area contributed by atoms with Gasteiger partial charge in [-0.3, -0.25) is 9.59 Å². The van der Waals surface area contributed by atoms with Gasteiger partial charge in [-0.15, -0.1) is 0 Å². The largest absolute Gasteiger partial charge is 0.366 e. The van der Waals surface area contributed by atoms with E-state index in [2.05, 4.69) is 22.7 Å². The summed E-state index contributed by atoms with van der Waals surface area (Å²) in [4.78, 5) is 23.0. The first kappa shape index (κ1) is 16.4. The fourth-order valence-electron chi connectivity index (χ4n) is 2.40. The molecule has 0 aliphatic heterocycles. The van der Waals surface area contributed by atoms with Gasteiger partial charge in [0.15, 0.2) is 0 Å². The topological polar surface area (TPSA) is 84.6 Å². The molecule has 0 aliphatic carbocycles. The molecule has 0 fully saturated rings. The molecule has 0 aliphatic rings. The summed E-state index contributed by atoms with van der Waals surface area (Å²) in [6.07, 6.45) is 1.64. The molecule has 0 spiro atoms. The van der Waals surface area contributed by atoms with Crippen molar-refractivity contribution in [1.29, 1.82) is 0 Å². The van der Waals surface area contributed by atoms with E-state index in [1.54, 1.807) is 6.21 Å². The lowest BCUT2D eigenvalue weighted by Crippen LogP contribution is -2.18. The second kappa shape index (κ2) is 6.87. The Morgan fingerprint density at radius 2 is 1.52 bits per heavy atom. The van der Waals surface area contributed by atoms with Crippen molar-refractivity contribution >= 4 is 18.0 Å². The minimum Gasteiger partial charge on any atom is -0.366 e. The van der Waals surface area contributed by atoms with E-state index in [1.165, 1.54) is 29.8 Å². The van der Waals surface area contributed by atoms with Crippen molar-refractivity contribution in [1.82, 2.24) is 5.43 Å². The molecule has 0 bridgehead atoms. The first-order valence-electron chi connectivity index (χ1n) is 7.19. The van der Waals surface area contributed by atoms with Crippen LogP contribution in [-0.4, -0.2) is 18.0 Å². The fraction of sp³-hybridized carbons (Fsp3) is 0.167. The Kier molecular flexibility index (Phi) is 4.91. The van der Waals surface area contributed by atoms with Crippen molar-refractivity contribution in [2.75, 3.05) is 0 Å². The fourth-order valence-corrected chi connectivity index (χ4v) is 2.40. The van der Waals surface area contributed by atoms with Crippen LogP contribution in [0, 0.1) is 20.8 Å². The summed E-state index contributed by atoms with van der Waals surface area (Å²) < 4.78 is 0. The van der Waals surface area contributed by atoms with Crippen LogP contribution in [0.5, 0.6) is 0 Å². The molecule has 5 heteroatoms. The summed E-state index contributed by atoms with van der Waals surface area (Å²) in [6.45, 7) is 6.05. The van der Waals surface area contributed by atoms with Gasteiger partial charge in [-0.1, -0.05) is 17.7 Å². The van der Waals surface area contributed by atoms with Gasteiger partial charge in [0.05, 0.1) is 6.21 Å². The molecule has 3 N–H and O–H groups in total. The first-order chi connectivity index (χ1) is 10.9. The van der Waals surface area contributed by atoms with Gasteiger partial charge < -0.3 is 5.73 Å². The van der Waals surface area contributed by atoms with Crippen LogP contribution in [0.4, 0.5) is 0 Å². The quantitative estimate of drug-likeness (QED) is 0.671. The molecule has 0 atom stereocenters. The highest BCUT2D eigenvalue weighted by molar-refractivity contribution is 5.97. The second-order valence-corrected chi connectivity index (χ2v) is 5.45. The highest BCUT2D eigenvalue weighted by Crippen LogP contribution is 2.14. The van der Waals surface area contributed by atoms with Gasteiger partial charge in [0, 0.05) is 16.7 Å². The zero-order valence-corrected chi connectivity index (χ0v) is 13.4. The summed E-state index contributed by atoms with van der Waals surface area (Å²) in [7, 11) is 0. The highest BCUT2D eigenvalue weighted by atomic mass is 16.2. The summed E-state index contributed by atoms with van der Waals surface area (Å²) in [5.41, 5.74) is 12.8. The first-order valence-corrected chi connectivity index (χ1v) is 7.19. The van der Waals surface area contributed by atoms with Crippen molar-refractivity contribution in [3.63, 3.8) is 0 Å². The van der Waals surface area contributed by atoms with E-state index in [1.807, 2.05) is 20.8 Å². The minimum absolute atomic E-state index is 0.348. The summed E-state index contributed by atoms with van der Waals surface area (Å²) >= 11 is 0. The maximum Gasteiger partial charge on any atom is 0.271 e. The SMILES string of the molecule is Cc1cc(C)c(/C=N/NC(=O)c2ccc(C(N)=O)cc2)c(C)c1. The Balaban J connectivity index is 2.08. The molecule has 2 aromatic rings. The van der Waals surface area contributed by atoms with Crippen LogP contribution >= 0.6 is 0 Å². The number of benzene rings is 2. The number of primary amides is 1. The molecule has 0 radical (unpaired) electrons. The van der Waals surface area contributed by atoms with Gasteiger partial charge in [-0.05, 0) is 56.2 Å². The van der Waals surface area contributed by atoms with E-state index in [0.29, 0.717) is 11.1 Å². The number of nitrogens with two attached hydrogens (primary N) is 1. The maximum atomic E-state index is 12.0. The number of carbonyl (C=O) groups is 2. The molecular weight excluding hydrogens is 290 g/mol. The molecule has 0 saturated carbocycles. The Hall–Kier alpha value is -2.95. The van der Waals surface area contributed by atoms with Crippen molar-refractivity contribution in [2.24, 2.45) is 10.8 Å². The summed E-state index contributed by atoms with van der Waals surface area (Å²) in [5, 5.41) is 4.01. The molecule has 0 aromatic heterocycles. The van der Waals surface area contributed by atoms with Gasteiger partial charge in [-0.2, -0.15) is 5.10 Å². The van der Waals surface area contributed by atoms with Gasteiger partial charge >= 0.3 is 0 Å². The third-order valence-corrected chi connectivity index (χ3v) is 3.53. The Morgan fingerprint density at radius 1 is 1.00 bits per heavy atom. The minimum atomic E-state index is -0.527. The van der Waals surface area contributed by atoms with Gasteiger partial charge in [0.25, 0.3) is 5.91 Å². The zero-order chi connectivity index (χ0) is 17.0. The highest BCUT2D eigenvalue weighted by Gasteiger charge is 2.06. The van der Waals surface area contributed by atoms with Crippen molar-refractivity contribution in [2.45, 2.75) is 20.8 Å². The predicted molar refractivity (Wildman–Crippen MR) is 90.7 cm³/mol. The smallest absolute Gasteiger partial charge is 0.271 e. The van der Waals surface area contributed by atoms with Crippen LogP contribution in [0.2, 0.25) is 0 Å². The molecule has 0 saturated heterocycles. The molecule has 23 heavy (non-hydrogen) atoms.